The molecule has 5 nitrogen and oxygen atoms in total. The molecule has 2 aromatic carbocycles. The minimum Gasteiger partial charge on any atom is -0.598 e. The molecule has 7 heteroatoms. The number of nitriles is 1. The Kier molecular flexibility index (Phi) is 9.37. The van der Waals surface area contributed by atoms with Gasteiger partial charge < -0.3 is 9.29 Å². The number of nitrogens with zero attached hydrogens (tertiary/aromatic N) is 2. The summed E-state index contributed by atoms with van der Waals surface area (Å²) in [6, 6.07) is 17.8. The Balaban J connectivity index is 1.47. The second-order valence-corrected chi connectivity index (χ2v) is 11.4. The summed E-state index contributed by atoms with van der Waals surface area (Å²) in [6.07, 6.45) is 11.9. The van der Waals surface area contributed by atoms with Gasteiger partial charge >= 0.3 is 0 Å². The Hall–Kier alpha value is -3.15. The molecule has 0 radical (unpaired) electrons. The third kappa shape index (κ3) is 7.43. The number of nitrogens with one attached hydrogen (secondary N) is 1. The first-order valence-corrected chi connectivity index (χ1v) is 14.5. The van der Waals surface area contributed by atoms with Gasteiger partial charge in [0.15, 0.2) is 5.75 Å². The first kappa shape index (κ1) is 26.9. The Morgan fingerprint density at radius 3 is 2.78 bits per heavy atom. The van der Waals surface area contributed by atoms with Crippen molar-refractivity contribution < 1.29 is 9.29 Å². The van der Waals surface area contributed by atoms with Crippen molar-refractivity contribution in [3.8, 4) is 22.4 Å². The number of benzene rings is 2. The third-order valence-corrected chi connectivity index (χ3v) is 8.15. The van der Waals surface area contributed by atoms with Crippen LogP contribution in [0.1, 0.15) is 49.6 Å². The highest BCUT2D eigenvalue weighted by Crippen LogP contribution is 2.35. The van der Waals surface area contributed by atoms with Crippen molar-refractivity contribution in [2.45, 2.75) is 51.5 Å². The smallest absolute Gasteiger partial charge is 0.150 e. The quantitative estimate of drug-likeness (QED) is 0.319. The predicted molar refractivity (Wildman–Crippen MR) is 153 cm³/mol. The highest BCUT2D eigenvalue weighted by Gasteiger charge is 2.17. The van der Waals surface area contributed by atoms with Gasteiger partial charge in [0.1, 0.15) is 16.8 Å². The van der Waals surface area contributed by atoms with E-state index >= 15 is 0 Å². The Morgan fingerprint density at radius 1 is 1.22 bits per heavy atom. The standard InChI is InChI=1S/C30H31N3O2S2/c1-21(2)35-28-16-14-24(17-25(28)18-31)30-32-19-29(36-30)27-12-8-7-11-26(15-13-22(27)3)33-37(34)20-23-9-5-4-6-10-23/h4-12,14,16-17,19,21,26,33H,13,15,20H2,1-3H3/b11-7+,12-8-,27-22-. The zero-order valence-electron chi connectivity index (χ0n) is 21.3. The lowest BCUT2D eigenvalue weighted by molar-refractivity contribution is 0.242. The maximum atomic E-state index is 12.7. The van der Waals surface area contributed by atoms with E-state index in [1.807, 2.05) is 80.7 Å². The molecule has 0 saturated carbocycles. The average molecular weight is 530 g/mol. The molecule has 1 N–H and O–H groups in total. The fourth-order valence-electron chi connectivity index (χ4n) is 4.06. The molecular weight excluding hydrogens is 498 g/mol. The van der Waals surface area contributed by atoms with Gasteiger partial charge in [-0.3, -0.25) is 0 Å². The molecule has 1 aliphatic rings. The van der Waals surface area contributed by atoms with Crippen LogP contribution in [0.15, 0.2) is 84.6 Å². The highest BCUT2D eigenvalue weighted by molar-refractivity contribution is 7.88. The van der Waals surface area contributed by atoms with E-state index in [2.05, 4.69) is 34.9 Å². The number of ether oxygens (including phenoxy) is 1. The van der Waals surface area contributed by atoms with Gasteiger partial charge in [0.2, 0.25) is 0 Å². The van der Waals surface area contributed by atoms with E-state index in [1.54, 1.807) is 11.3 Å². The summed E-state index contributed by atoms with van der Waals surface area (Å²) >= 11 is 0.461. The van der Waals surface area contributed by atoms with Crippen molar-refractivity contribution in [2.75, 3.05) is 0 Å². The molecule has 0 spiro atoms. The zero-order chi connectivity index (χ0) is 26.2. The molecule has 1 aliphatic carbocycles. The summed E-state index contributed by atoms with van der Waals surface area (Å²) in [5, 5.41) is 10.5. The Morgan fingerprint density at radius 2 is 2.03 bits per heavy atom. The number of hydrogen-bond acceptors (Lipinski definition) is 6. The SMILES string of the molecule is C\C1=C(c2cnc(-c3ccc(OC(C)C)c(C#N)c3)s2)/C=C\C=C\C(N[S+]([O-])Cc2ccccc2)CC1. The van der Waals surface area contributed by atoms with Gasteiger partial charge in [0.05, 0.1) is 22.6 Å². The van der Waals surface area contributed by atoms with E-state index in [-0.39, 0.29) is 12.1 Å². The van der Waals surface area contributed by atoms with Crippen molar-refractivity contribution in [3.63, 3.8) is 0 Å². The van der Waals surface area contributed by atoms with Gasteiger partial charge in [0.25, 0.3) is 0 Å². The molecule has 4 rings (SSSR count). The summed E-state index contributed by atoms with van der Waals surface area (Å²) in [7, 11) is 0. The van der Waals surface area contributed by atoms with Crippen LogP contribution >= 0.6 is 11.3 Å². The van der Waals surface area contributed by atoms with E-state index in [1.165, 1.54) is 5.57 Å². The lowest BCUT2D eigenvalue weighted by Crippen LogP contribution is -2.34. The predicted octanol–water partition coefficient (Wildman–Crippen LogP) is 6.97. The normalized spacial score (nSPS) is 20.4. The van der Waals surface area contributed by atoms with Crippen LogP contribution in [0.2, 0.25) is 0 Å². The lowest BCUT2D eigenvalue weighted by Gasteiger charge is -2.18. The van der Waals surface area contributed by atoms with Crippen LogP contribution < -0.4 is 9.46 Å². The lowest BCUT2D eigenvalue weighted by atomic mass is 10.0. The fourth-order valence-corrected chi connectivity index (χ4v) is 6.19. The fraction of sp³-hybridized carbons (Fsp3) is 0.267. The van der Waals surface area contributed by atoms with Crippen LogP contribution in [-0.2, 0) is 17.1 Å². The summed E-state index contributed by atoms with van der Waals surface area (Å²) in [5.74, 6) is 1.08. The molecule has 0 amide bonds. The second-order valence-electron chi connectivity index (χ2n) is 9.20. The molecule has 0 bridgehead atoms. The van der Waals surface area contributed by atoms with Crippen molar-refractivity contribution in [1.82, 2.24) is 9.71 Å². The van der Waals surface area contributed by atoms with Crippen LogP contribution in [-0.4, -0.2) is 21.7 Å². The minimum atomic E-state index is -1.15. The Labute approximate surface area is 226 Å². The molecule has 0 saturated heterocycles. The van der Waals surface area contributed by atoms with Crippen molar-refractivity contribution in [3.05, 3.63) is 101 Å². The second kappa shape index (κ2) is 12.9. The van der Waals surface area contributed by atoms with Crippen LogP contribution in [0.3, 0.4) is 0 Å². The third-order valence-electron chi connectivity index (χ3n) is 5.91. The summed E-state index contributed by atoms with van der Waals surface area (Å²) in [4.78, 5) is 5.74. The molecule has 0 fully saturated rings. The van der Waals surface area contributed by atoms with Crippen molar-refractivity contribution >= 4 is 28.3 Å². The van der Waals surface area contributed by atoms with Crippen LogP contribution in [0, 0.1) is 11.3 Å². The first-order valence-electron chi connectivity index (χ1n) is 12.3. The average Bonchev–Trinajstić information content (AvgIpc) is 3.39. The highest BCUT2D eigenvalue weighted by atomic mass is 32.2. The van der Waals surface area contributed by atoms with E-state index in [4.69, 9.17) is 4.74 Å². The van der Waals surface area contributed by atoms with Crippen molar-refractivity contribution in [1.29, 1.82) is 5.26 Å². The molecule has 1 heterocycles. The van der Waals surface area contributed by atoms with E-state index in [0.717, 1.165) is 39.4 Å². The molecule has 2 unspecified atom stereocenters. The summed E-state index contributed by atoms with van der Waals surface area (Å²) < 4.78 is 21.7. The van der Waals surface area contributed by atoms with Crippen LogP contribution in [0.5, 0.6) is 5.75 Å². The van der Waals surface area contributed by atoms with E-state index < -0.39 is 11.4 Å². The van der Waals surface area contributed by atoms with Crippen LogP contribution in [0.4, 0.5) is 0 Å². The largest absolute Gasteiger partial charge is 0.598 e. The molecule has 3 aromatic rings. The van der Waals surface area contributed by atoms with E-state index in [9.17, 15) is 9.81 Å². The molecule has 190 valence electrons. The molecule has 37 heavy (non-hydrogen) atoms. The number of aromatic nitrogens is 1. The van der Waals surface area contributed by atoms with Crippen molar-refractivity contribution in [2.24, 2.45) is 0 Å². The first-order chi connectivity index (χ1) is 17.9. The topological polar surface area (TPSA) is 81.0 Å². The van der Waals surface area contributed by atoms with E-state index in [0.29, 0.717) is 17.1 Å². The molecule has 0 aliphatic heterocycles. The van der Waals surface area contributed by atoms with Gasteiger partial charge in [-0.05, 0) is 57.4 Å². The maximum Gasteiger partial charge on any atom is 0.150 e. The van der Waals surface area contributed by atoms with Gasteiger partial charge in [-0.1, -0.05) is 60.2 Å². The van der Waals surface area contributed by atoms with Gasteiger partial charge in [-0.25, -0.2) is 4.98 Å². The monoisotopic (exact) mass is 529 g/mol. The minimum absolute atomic E-state index is 0.00206. The molecular formula is C30H31N3O2S2. The van der Waals surface area contributed by atoms with Crippen LogP contribution in [0.25, 0.3) is 16.1 Å². The summed E-state index contributed by atoms with van der Waals surface area (Å²) in [5.41, 5.74) is 4.88. The number of hydrogen-bond donors (Lipinski definition) is 1. The van der Waals surface area contributed by atoms with Gasteiger partial charge in [-0.15, -0.1) is 16.1 Å². The maximum absolute atomic E-state index is 12.7. The van der Waals surface area contributed by atoms with Gasteiger partial charge in [0, 0.05) is 28.7 Å². The summed E-state index contributed by atoms with van der Waals surface area (Å²) in [6.45, 7) is 6.04. The number of rotatable bonds is 8. The molecule has 1 aromatic heterocycles. The zero-order valence-corrected chi connectivity index (χ0v) is 22.9. The molecule has 2 atom stereocenters. The number of thiazole rings is 1. The van der Waals surface area contributed by atoms with Gasteiger partial charge in [-0.2, -0.15) is 5.26 Å². The Bertz CT molecular complexity index is 1340. The number of allylic oxidation sites excluding steroid dienone is 5.